The maximum Gasteiger partial charge on any atom is 0.225 e. The number of thiophene rings is 1. The fraction of sp³-hybridized carbons (Fsp3) is 0.400. The van der Waals surface area contributed by atoms with E-state index in [1.807, 2.05) is 44.4 Å². The van der Waals surface area contributed by atoms with Gasteiger partial charge in [0.05, 0.1) is 12.2 Å². The highest BCUT2D eigenvalue weighted by molar-refractivity contribution is 7.10. The van der Waals surface area contributed by atoms with E-state index in [1.165, 1.54) is 4.88 Å². The first kappa shape index (κ1) is 13.9. The molecular formula is C15H19NO2S. The Morgan fingerprint density at radius 2 is 2.16 bits per heavy atom. The zero-order chi connectivity index (χ0) is 13.9. The molecule has 0 aliphatic carbocycles. The van der Waals surface area contributed by atoms with Crippen LogP contribution in [0.1, 0.15) is 37.3 Å². The van der Waals surface area contributed by atoms with Gasteiger partial charge in [0.15, 0.2) is 0 Å². The highest BCUT2D eigenvalue weighted by Crippen LogP contribution is 2.28. The van der Waals surface area contributed by atoms with Crippen molar-refractivity contribution in [3.05, 3.63) is 46.5 Å². The molecule has 0 aliphatic rings. The van der Waals surface area contributed by atoms with Gasteiger partial charge in [-0.1, -0.05) is 26.8 Å². The van der Waals surface area contributed by atoms with Crippen LogP contribution in [-0.4, -0.2) is 12.5 Å². The molecule has 2 rings (SSSR count). The summed E-state index contributed by atoms with van der Waals surface area (Å²) in [6.07, 6.45) is 1.67. The van der Waals surface area contributed by atoms with Crippen molar-refractivity contribution in [2.24, 2.45) is 5.41 Å². The van der Waals surface area contributed by atoms with Gasteiger partial charge >= 0.3 is 0 Å². The second kappa shape index (κ2) is 5.61. The van der Waals surface area contributed by atoms with Crippen LogP contribution in [0.15, 0.2) is 40.3 Å². The van der Waals surface area contributed by atoms with Crippen LogP contribution in [0.25, 0.3) is 0 Å². The molecule has 2 aromatic rings. The van der Waals surface area contributed by atoms with Crippen molar-refractivity contribution in [3.8, 4) is 0 Å². The van der Waals surface area contributed by atoms with Crippen molar-refractivity contribution in [3.63, 3.8) is 0 Å². The van der Waals surface area contributed by atoms with Crippen molar-refractivity contribution in [2.45, 2.75) is 26.7 Å². The number of rotatable bonds is 4. The summed E-state index contributed by atoms with van der Waals surface area (Å²) in [6.45, 7) is 6.30. The predicted molar refractivity (Wildman–Crippen MR) is 77.3 cm³/mol. The molecule has 102 valence electrons. The minimum atomic E-state index is -0.372. The van der Waals surface area contributed by atoms with Crippen molar-refractivity contribution in [1.82, 2.24) is 5.32 Å². The molecule has 0 aromatic carbocycles. The van der Waals surface area contributed by atoms with Crippen molar-refractivity contribution >= 4 is 17.2 Å². The van der Waals surface area contributed by atoms with Crippen LogP contribution in [-0.2, 0) is 4.79 Å². The summed E-state index contributed by atoms with van der Waals surface area (Å²) in [5.74, 6) is 1.03. The molecule has 19 heavy (non-hydrogen) atoms. The van der Waals surface area contributed by atoms with Gasteiger partial charge < -0.3 is 9.73 Å². The summed E-state index contributed by atoms with van der Waals surface area (Å²) >= 11 is 1.68. The van der Waals surface area contributed by atoms with E-state index in [4.69, 9.17) is 4.42 Å². The minimum Gasteiger partial charge on any atom is -0.469 e. The average molecular weight is 277 g/mol. The van der Waals surface area contributed by atoms with Gasteiger partial charge in [0.25, 0.3) is 0 Å². The third-order valence-corrected chi connectivity index (χ3v) is 3.91. The Balaban J connectivity index is 2.10. The van der Waals surface area contributed by atoms with Crippen LogP contribution < -0.4 is 5.32 Å². The summed E-state index contributed by atoms with van der Waals surface area (Å²) in [6, 6.07) is 7.91. The van der Waals surface area contributed by atoms with E-state index >= 15 is 0 Å². The lowest BCUT2D eigenvalue weighted by atomic mass is 9.95. The first-order chi connectivity index (χ1) is 8.98. The average Bonchev–Trinajstić information content (AvgIpc) is 3.00. The third-order valence-electron chi connectivity index (χ3n) is 2.92. The van der Waals surface area contributed by atoms with Gasteiger partial charge in [-0.3, -0.25) is 4.79 Å². The Hall–Kier alpha value is -1.55. The Kier molecular flexibility index (Phi) is 4.10. The summed E-state index contributed by atoms with van der Waals surface area (Å²) in [5, 5.41) is 5.05. The van der Waals surface area contributed by atoms with Crippen molar-refractivity contribution in [2.75, 3.05) is 6.54 Å². The van der Waals surface area contributed by atoms with Crippen molar-refractivity contribution in [1.29, 1.82) is 0 Å². The standard InChI is InChI=1S/C15H19NO2S/c1-15(2,3)14(17)16-10-11(12-6-4-8-18-12)13-7-5-9-19-13/h4-9,11H,10H2,1-3H3,(H,16,17)/t11-/m0/s1. The van der Waals surface area contributed by atoms with E-state index in [1.54, 1.807) is 17.6 Å². The normalized spacial score (nSPS) is 13.2. The lowest BCUT2D eigenvalue weighted by Crippen LogP contribution is -2.37. The maximum atomic E-state index is 12.0. The van der Waals surface area contributed by atoms with Crippen LogP contribution in [0.5, 0.6) is 0 Å². The van der Waals surface area contributed by atoms with E-state index in [-0.39, 0.29) is 17.2 Å². The molecule has 0 bridgehead atoms. The SMILES string of the molecule is CC(C)(C)C(=O)NC[C@@H](c1ccco1)c1cccs1. The van der Waals surface area contributed by atoms with Crippen LogP contribution >= 0.6 is 11.3 Å². The first-order valence-electron chi connectivity index (χ1n) is 6.33. The number of amides is 1. The van der Waals surface area contributed by atoms with E-state index in [0.717, 1.165) is 5.76 Å². The molecule has 0 spiro atoms. The van der Waals surface area contributed by atoms with Gasteiger partial charge in [0, 0.05) is 16.8 Å². The molecule has 1 atom stereocenters. The van der Waals surface area contributed by atoms with E-state index < -0.39 is 0 Å². The van der Waals surface area contributed by atoms with Crippen LogP contribution in [0, 0.1) is 5.41 Å². The zero-order valence-corrected chi connectivity index (χ0v) is 12.3. The quantitative estimate of drug-likeness (QED) is 0.927. The van der Waals surface area contributed by atoms with Gasteiger partial charge in [0.1, 0.15) is 5.76 Å². The second-order valence-electron chi connectivity index (χ2n) is 5.54. The summed E-state index contributed by atoms with van der Waals surface area (Å²) < 4.78 is 5.49. The van der Waals surface area contributed by atoms with Gasteiger partial charge in [-0.2, -0.15) is 0 Å². The summed E-state index contributed by atoms with van der Waals surface area (Å²) in [7, 11) is 0. The molecule has 0 unspecified atom stereocenters. The van der Waals surface area contributed by atoms with Crippen LogP contribution in [0.3, 0.4) is 0 Å². The molecule has 1 amide bonds. The number of nitrogens with one attached hydrogen (secondary N) is 1. The van der Waals surface area contributed by atoms with E-state index in [0.29, 0.717) is 6.54 Å². The summed E-state index contributed by atoms with van der Waals surface area (Å²) in [5.41, 5.74) is -0.372. The smallest absolute Gasteiger partial charge is 0.225 e. The molecule has 1 N–H and O–H groups in total. The number of hydrogen-bond acceptors (Lipinski definition) is 3. The fourth-order valence-corrected chi connectivity index (χ4v) is 2.62. The van der Waals surface area contributed by atoms with Crippen LogP contribution in [0.4, 0.5) is 0 Å². The Morgan fingerprint density at radius 1 is 1.37 bits per heavy atom. The van der Waals surface area contributed by atoms with Crippen LogP contribution in [0.2, 0.25) is 0 Å². The Bertz CT molecular complexity index is 475. The van der Waals surface area contributed by atoms with E-state index in [9.17, 15) is 4.79 Å². The Morgan fingerprint density at radius 3 is 2.68 bits per heavy atom. The number of carbonyl (C=O) groups is 1. The molecular weight excluding hydrogens is 258 g/mol. The molecule has 0 saturated heterocycles. The van der Waals surface area contributed by atoms with E-state index in [2.05, 4.69) is 11.4 Å². The zero-order valence-electron chi connectivity index (χ0n) is 11.5. The Labute approximate surface area is 117 Å². The highest BCUT2D eigenvalue weighted by atomic mass is 32.1. The molecule has 2 aromatic heterocycles. The largest absolute Gasteiger partial charge is 0.469 e. The lowest BCUT2D eigenvalue weighted by molar-refractivity contribution is -0.128. The van der Waals surface area contributed by atoms with Gasteiger partial charge in [-0.05, 0) is 23.6 Å². The second-order valence-corrected chi connectivity index (χ2v) is 6.52. The lowest BCUT2D eigenvalue weighted by Gasteiger charge is -2.20. The number of carbonyl (C=O) groups excluding carboxylic acids is 1. The predicted octanol–water partition coefficient (Wildman–Crippen LogP) is 3.64. The van der Waals surface area contributed by atoms with Gasteiger partial charge in [-0.15, -0.1) is 11.3 Å². The van der Waals surface area contributed by atoms with Gasteiger partial charge in [0.2, 0.25) is 5.91 Å². The fourth-order valence-electron chi connectivity index (χ4n) is 1.78. The number of furan rings is 1. The van der Waals surface area contributed by atoms with Crippen molar-refractivity contribution < 1.29 is 9.21 Å². The minimum absolute atomic E-state index is 0.0561. The first-order valence-corrected chi connectivity index (χ1v) is 7.21. The maximum absolute atomic E-state index is 12.0. The molecule has 0 radical (unpaired) electrons. The topological polar surface area (TPSA) is 42.2 Å². The molecule has 3 nitrogen and oxygen atoms in total. The molecule has 0 aliphatic heterocycles. The highest BCUT2D eigenvalue weighted by Gasteiger charge is 2.24. The molecule has 0 saturated carbocycles. The van der Waals surface area contributed by atoms with Gasteiger partial charge in [-0.25, -0.2) is 0 Å². The molecule has 0 fully saturated rings. The summed E-state index contributed by atoms with van der Waals surface area (Å²) in [4.78, 5) is 13.2. The number of hydrogen-bond donors (Lipinski definition) is 1. The molecule has 2 heterocycles. The third kappa shape index (κ3) is 3.47. The monoisotopic (exact) mass is 277 g/mol. The molecule has 4 heteroatoms.